The van der Waals surface area contributed by atoms with Crippen LogP contribution < -0.4 is 0 Å². The van der Waals surface area contributed by atoms with Crippen LogP contribution in [0.25, 0.3) is 10.9 Å². The lowest BCUT2D eigenvalue weighted by Crippen LogP contribution is -2.35. The number of carbonyl (C=O) groups excluding carboxylic acids is 1. The summed E-state index contributed by atoms with van der Waals surface area (Å²) in [4.78, 5) is 20.5. The highest BCUT2D eigenvalue weighted by Crippen LogP contribution is 2.17. The highest BCUT2D eigenvalue weighted by Gasteiger charge is 2.21. The number of aromatic amines is 1. The van der Waals surface area contributed by atoms with Crippen LogP contribution in [0.1, 0.15) is 28.0 Å². The molecule has 0 spiro atoms. The van der Waals surface area contributed by atoms with E-state index in [2.05, 4.69) is 16.0 Å². The third kappa shape index (κ3) is 3.86. The van der Waals surface area contributed by atoms with Crippen LogP contribution >= 0.6 is 0 Å². The third-order valence-corrected chi connectivity index (χ3v) is 5.13. The molecule has 2 heterocycles. The average molecular weight is 358 g/mol. The van der Waals surface area contributed by atoms with Gasteiger partial charge in [0.05, 0.1) is 11.6 Å². The lowest BCUT2D eigenvalue weighted by molar-refractivity contribution is 0.0756. The Morgan fingerprint density at radius 3 is 2.63 bits per heavy atom. The van der Waals surface area contributed by atoms with Crippen LogP contribution in [0.3, 0.4) is 0 Å². The number of para-hydroxylation sites is 1. The summed E-state index contributed by atoms with van der Waals surface area (Å²) in [6, 6.07) is 19.8. The molecule has 0 bridgehead atoms. The SMILES string of the molecule is N#Cc1ccc(CN2CCCN(C(=O)c3cc4ccccc4[nH]3)CC2)cc1. The van der Waals surface area contributed by atoms with E-state index in [1.807, 2.05) is 59.5 Å². The Hall–Kier alpha value is -3.10. The number of hydrogen-bond acceptors (Lipinski definition) is 3. The molecule has 27 heavy (non-hydrogen) atoms. The van der Waals surface area contributed by atoms with Crippen LogP contribution in [0.5, 0.6) is 0 Å². The molecule has 5 heteroatoms. The Morgan fingerprint density at radius 1 is 1.04 bits per heavy atom. The van der Waals surface area contributed by atoms with E-state index in [1.165, 1.54) is 5.56 Å². The summed E-state index contributed by atoms with van der Waals surface area (Å²) < 4.78 is 0. The minimum absolute atomic E-state index is 0.0754. The largest absolute Gasteiger partial charge is 0.351 e. The number of fused-ring (bicyclic) bond motifs is 1. The first-order valence-corrected chi connectivity index (χ1v) is 9.31. The van der Waals surface area contributed by atoms with Gasteiger partial charge in [-0.15, -0.1) is 0 Å². The number of carbonyl (C=O) groups is 1. The van der Waals surface area contributed by atoms with Crippen LogP contribution in [0.15, 0.2) is 54.6 Å². The molecule has 0 radical (unpaired) electrons. The molecule has 4 rings (SSSR count). The predicted octanol–water partition coefficient (Wildman–Crippen LogP) is 3.39. The molecule has 1 N–H and O–H groups in total. The van der Waals surface area contributed by atoms with E-state index in [9.17, 15) is 4.79 Å². The number of nitriles is 1. The normalized spacial score (nSPS) is 15.4. The first-order chi connectivity index (χ1) is 13.2. The van der Waals surface area contributed by atoms with Gasteiger partial charge in [-0.2, -0.15) is 5.26 Å². The molecule has 136 valence electrons. The molecule has 1 aliphatic heterocycles. The molecule has 0 aliphatic carbocycles. The number of H-pyrrole nitrogens is 1. The summed E-state index contributed by atoms with van der Waals surface area (Å²) in [6.07, 6.45) is 0.961. The van der Waals surface area contributed by atoms with Gasteiger partial charge in [-0.3, -0.25) is 9.69 Å². The number of nitrogens with one attached hydrogen (secondary N) is 1. The zero-order valence-corrected chi connectivity index (χ0v) is 15.2. The third-order valence-electron chi connectivity index (χ3n) is 5.13. The summed E-state index contributed by atoms with van der Waals surface area (Å²) in [5, 5.41) is 9.98. The van der Waals surface area contributed by atoms with Gasteiger partial charge in [-0.1, -0.05) is 30.3 Å². The van der Waals surface area contributed by atoms with Gasteiger partial charge in [0.15, 0.2) is 0 Å². The molecule has 3 aromatic rings. The Bertz CT molecular complexity index is 950. The summed E-state index contributed by atoms with van der Waals surface area (Å²) in [5.41, 5.74) is 3.55. The van der Waals surface area contributed by atoms with Crippen molar-refractivity contribution in [3.8, 4) is 6.07 Å². The molecule has 1 aromatic heterocycles. The van der Waals surface area contributed by atoms with Crippen molar-refractivity contribution in [3.05, 3.63) is 71.4 Å². The van der Waals surface area contributed by atoms with E-state index >= 15 is 0 Å². The van der Waals surface area contributed by atoms with E-state index in [1.54, 1.807) is 0 Å². The van der Waals surface area contributed by atoms with Crippen molar-refractivity contribution in [2.24, 2.45) is 0 Å². The summed E-state index contributed by atoms with van der Waals surface area (Å²) >= 11 is 0. The second-order valence-electron chi connectivity index (χ2n) is 7.00. The van der Waals surface area contributed by atoms with Crippen molar-refractivity contribution < 1.29 is 4.79 Å². The van der Waals surface area contributed by atoms with Crippen molar-refractivity contribution in [2.45, 2.75) is 13.0 Å². The van der Waals surface area contributed by atoms with Crippen LogP contribution in [0, 0.1) is 11.3 Å². The quantitative estimate of drug-likeness (QED) is 0.781. The second-order valence-corrected chi connectivity index (χ2v) is 7.00. The van der Waals surface area contributed by atoms with E-state index in [-0.39, 0.29) is 5.91 Å². The van der Waals surface area contributed by atoms with Gasteiger partial charge in [0.2, 0.25) is 0 Å². The highest BCUT2D eigenvalue weighted by atomic mass is 16.2. The topological polar surface area (TPSA) is 63.1 Å². The maximum absolute atomic E-state index is 12.9. The first-order valence-electron chi connectivity index (χ1n) is 9.31. The van der Waals surface area contributed by atoms with E-state index in [0.717, 1.165) is 50.0 Å². The fraction of sp³-hybridized carbons (Fsp3) is 0.273. The molecule has 2 aromatic carbocycles. The van der Waals surface area contributed by atoms with Crippen LogP contribution in [0.2, 0.25) is 0 Å². The number of hydrogen-bond donors (Lipinski definition) is 1. The monoisotopic (exact) mass is 358 g/mol. The maximum Gasteiger partial charge on any atom is 0.270 e. The lowest BCUT2D eigenvalue weighted by Gasteiger charge is -2.21. The highest BCUT2D eigenvalue weighted by molar-refractivity contribution is 5.98. The minimum atomic E-state index is 0.0754. The first kappa shape index (κ1) is 17.3. The van der Waals surface area contributed by atoms with Crippen LogP contribution in [-0.2, 0) is 6.54 Å². The number of benzene rings is 2. The average Bonchev–Trinajstić information content (AvgIpc) is 3.01. The zero-order valence-electron chi connectivity index (χ0n) is 15.2. The van der Waals surface area contributed by atoms with Gasteiger partial charge in [0.25, 0.3) is 5.91 Å². The number of aromatic nitrogens is 1. The Balaban J connectivity index is 1.40. The van der Waals surface area contributed by atoms with Crippen molar-refractivity contribution in [3.63, 3.8) is 0 Å². The van der Waals surface area contributed by atoms with Crippen molar-refractivity contribution >= 4 is 16.8 Å². The molecular weight excluding hydrogens is 336 g/mol. The van der Waals surface area contributed by atoms with Crippen molar-refractivity contribution in [1.29, 1.82) is 5.26 Å². The summed E-state index contributed by atoms with van der Waals surface area (Å²) in [7, 11) is 0. The van der Waals surface area contributed by atoms with Gasteiger partial charge < -0.3 is 9.88 Å². The molecule has 1 aliphatic rings. The summed E-state index contributed by atoms with van der Waals surface area (Å²) in [5.74, 6) is 0.0754. The molecule has 1 saturated heterocycles. The molecule has 0 saturated carbocycles. The maximum atomic E-state index is 12.9. The lowest BCUT2D eigenvalue weighted by atomic mass is 10.1. The Kier molecular flexibility index (Phi) is 4.91. The predicted molar refractivity (Wildman–Crippen MR) is 105 cm³/mol. The zero-order chi connectivity index (χ0) is 18.6. The fourth-order valence-corrected chi connectivity index (χ4v) is 3.63. The number of rotatable bonds is 3. The van der Waals surface area contributed by atoms with E-state index in [0.29, 0.717) is 11.3 Å². The Morgan fingerprint density at radius 2 is 1.85 bits per heavy atom. The molecule has 0 unspecified atom stereocenters. The smallest absolute Gasteiger partial charge is 0.270 e. The van der Waals surface area contributed by atoms with E-state index in [4.69, 9.17) is 5.26 Å². The minimum Gasteiger partial charge on any atom is -0.351 e. The van der Waals surface area contributed by atoms with Gasteiger partial charge in [0, 0.05) is 43.6 Å². The van der Waals surface area contributed by atoms with Crippen LogP contribution in [0.4, 0.5) is 0 Å². The van der Waals surface area contributed by atoms with Gasteiger partial charge in [0.1, 0.15) is 5.69 Å². The summed E-state index contributed by atoms with van der Waals surface area (Å²) in [6.45, 7) is 4.17. The molecular formula is C22H22N4O. The van der Waals surface area contributed by atoms with Crippen molar-refractivity contribution in [2.75, 3.05) is 26.2 Å². The van der Waals surface area contributed by atoms with Crippen LogP contribution in [-0.4, -0.2) is 46.9 Å². The molecule has 5 nitrogen and oxygen atoms in total. The second kappa shape index (κ2) is 7.65. The van der Waals surface area contributed by atoms with Gasteiger partial charge >= 0.3 is 0 Å². The van der Waals surface area contributed by atoms with Gasteiger partial charge in [-0.05, 0) is 36.2 Å². The number of amides is 1. The number of nitrogens with zero attached hydrogens (tertiary/aromatic N) is 3. The fourth-order valence-electron chi connectivity index (χ4n) is 3.63. The molecule has 1 amide bonds. The standard InChI is InChI=1S/C22H22N4O/c23-15-17-6-8-18(9-7-17)16-25-10-3-11-26(13-12-25)22(27)21-14-19-4-1-2-5-20(19)24-21/h1-2,4-9,14,24H,3,10-13,16H2. The van der Waals surface area contributed by atoms with Gasteiger partial charge in [-0.25, -0.2) is 0 Å². The Labute approximate surface area is 158 Å². The molecule has 1 fully saturated rings. The van der Waals surface area contributed by atoms with Crippen molar-refractivity contribution in [1.82, 2.24) is 14.8 Å². The van der Waals surface area contributed by atoms with E-state index < -0.39 is 0 Å². The molecule has 0 atom stereocenters.